The highest BCUT2D eigenvalue weighted by Gasteiger charge is 2.07. The first-order chi connectivity index (χ1) is 8.58. The van der Waals surface area contributed by atoms with Crippen molar-refractivity contribution in [3.8, 4) is 11.5 Å². The van der Waals surface area contributed by atoms with Crippen LogP contribution < -0.4 is 4.74 Å². The Bertz CT molecular complexity index is 456. The van der Waals surface area contributed by atoms with Gasteiger partial charge < -0.3 is 19.8 Å². The highest BCUT2D eigenvalue weighted by Crippen LogP contribution is 2.27. The van der Waals surface area contributed by atoms with Crippen molar-refractivity contribution in [2.75, 3.05) is 13.7 Å². The Morgan fingerprint density at radius 2 is 2.17 bits per heavy atom. The lowest BCUT2D eigenvalue weighted by molar-refractivity contribution is -0.141. The topological polar surface area (TPSA) is 88.4 Å². The molecule has 0 saturated carbocycles. The largest absolute Gasteiger partial charge is 0.504 e. The Morgan fingerprint density at radius 3 is 2.78 bits per heavy atom. The molecule has 0 radical (unpaired) electrons. The monoisotopic (exact) mass is 253 g/mol. The van der Waals surface area contributed by atoms with E-state index >= 15 is 0 Å². The Hall–Kier alpha value is -2.24. The first-order valence-electron chi connectivity index (χ1n) is 5.30. The summed E-state index contributed by atoms with van der Waals surface area (Å²) < 4.78 is 9.72. The lowest BCUT2D eigenvalue weighted by Crippen LogP contribution is -2.08. The first-order valence-corrected chi connectivity index (χ1v) is 5.30. The van der Waals surface area contributed by atoms with Crippen molar-refractivity contribution >= 4 is 11.7 Å². The van der Waals surface area contributed by atoms with Crippen molar-refractivity contribution < 1.29 is 24.6 Å². The van der Waals surface area contributed by atoms with Crippen molar-refractivity contribution in [2.24, 2.45) is 5.16 Å². The van der Waals surface area contributed by atoms with Crippen LogP contribution in [0.5, 0.6) is 11.5 Å². The molecular formula is C12H15NO5. The van der Waals surface area contributed by atoms with Crippen LogP contribution in [0.1, 0.15) is 18.9 Å². The lowest BCUT2D eigenvalue weighted by Gasteiger charge is -2.09. The van der Waals surface area contributed by atoms with E-state index < -0.39 is 5.97 Å². The minimum absolute atomic E-state index is 0.0469. The second-order valence-electron chi connectivity index (χ2n) is 3.54. The summed E-state index contributed by atoms with van der Waals surface area (Å²) in [5.74, 6) is -0.215. The van der Waals surface area contributed by atoms with E-state index in [2.05, 4.69) is 9.89 Å². The quantitative estimate of drug-likeness (QED) is 0.359. The zero-order valence-corrected chi connectivity index (χ0v) is 10.2. The van der Waals surface area contributed by atoms with E-state index in [4.69, 9.17) is 9.94 Å². The standard InChI is InChI=1S/C12H15NO5/c1-8(13-16)9-3-4-10(14)11(7-9)18-6-5-12(15)17-2/h3-4,7,14,16H,5-6H2,1-2H3/b13-8-. The van der Waals surface area contributed by atoms with Crippen molar-refractivity contribution in [3.63, 3.8) is 0 Å². The molecule has 2 N–H and O–H groups in total. The minimum Gasteiger partial charge on any atom is -0.504 e. The molecule has 6 heteroatoms. The molecule has 1 rings (SSSR count). The summed E-state index contributed by atoms with van der Waals surface area (Å²) in [4.78, 5) is 10.9. The van der Waals surface area contributed by atoms with Gasteiger partial charge >= 0.3 is 5.97 Å². The van der Waals surface area contributed by atoms with Gasteiger partial charge in [0.25, 0.3) is 0 Å². The van der Waals surface area contributed by atoms with E-state index in [9.17, 15) is 9.90 Å². The fraction of sp³-hybridized carbons (Fsp3) is 0.333. The van der Waals surface area contributed by atoms with Crippen LogP contribution >= 0.6 is 0 Å². The molecule has 0 bridgehead atoms. The van der Waals surface area contributed by atoms with E-state index in [1.54, 1.807) is 13.0 Å². The van der Waals surface area contributed by atoms with Gasteiger partial charge in [0.1, 0.15) is 0 Å². The van der Waals surface area contributed by atoms with Crippen LogP contribution in [0.4, 0.5) is 0 Å². The third-order valence-corrected chi connectivity index (χ3v) is 2.32. The molecule has 1 aromatic carbocycles. The lowest BCUT2D eigenvalue weighted by atomic mass is 10.1. The summed E-state index contributed by atoms with van der Waals surface area (Å²) >= 11 is 0. The Kier molecular flexibility index (Phi) is 4.98. The molecule has 0 atom stereocenters. The number of ether oxygens (including phenoxy) is 2. The van der Waals surface area contributed by atoms with Gasteiger partial charge in [0.2, 0.25) is 0 Å². The van der Waals surface area contributed by atoms with Gasteiger partial charge in [0, 0.05) is 5.56 Å². The molecule has 6 nitrogen and oxygen atoms in total. The number of hydrogen-bond donors (Lipinski definition) is 2. The highest BCUT2D eigenvalue weighted by atomic mass is 16.5. The number of esters is 1. The van der Waals surface area contributed by atoms with E-state index in [1.165, 1.54) is 19.2 Å². The Labute approximate surface area is 104 Å². The van der Waals surface area contributed by atoms with Crippen LogP contribution in [0.15, 0.2) is 23.4 Å². The molecule has 0 heterocycles. The van der Waals surface area contributed by atoms with Crippen LogP contribution in [0, 0.1) is 0 Å². The summed E-state index contributed by atoms with van der Waals surface area (Å²) in [6.45, 7) is 1.71. The van der Waals surface area contributed by atoms with Crippen LogP contribution in [0.3, 0.4) is 0 Å². The number of carbonyl (C=O) groups is 1. The van der Waals surface area contributed by atoms with Crippen LogP contribution in [0.25, 0.3) is 0 Å². The van der Waals surface area contributed by atoms with Gasteiger partial charge in [-0.05, 0) is 25.1 Å². The molecule has 0 aliphatic rings. The van der Waals surface area contributed by atoms with Gasteiger partial charge in [-0.25, -0.2) is 0 Å². The number of benzene rings is 1. The zero-order chi connectivity index (χ0) is 13.5. The van der Waals surface area contributed by atoms with Gasteiger partial charge in [0.15, 0.2) is 11.5 Å². The summed E-state index contributed by atoms with van der Waals surface area (Å²) in [6, 6.07) is 4.55. The Balaban J connectivity index is 2.73. The van der Waals surface area contributed by atoms with E-state index in [0.29, 0.717) is 11.3 Å². The maximum Gasteiger partial charge on any atom is 0.308 e. The predicted molar refractivity (Wildman–Crippen MR) is 64.2 cm³/mol. The second kappa shape index (κ2) is 6.48. The van der Waals surface area contributed by atoms with Gasteiger partial charge in [-0.15, -0.1) is 0 Å². The summed E-state index contributed by atoms with van der Waals surface area (Å²) in [5, 5.41) is 21.3. The number of methoxy groups -OCH3 is 1. The maximum atomic E-state index is 10.9. The predicted octanol–water partition coefficient (Wildman–Crippen LogP) is 1.53. The number of phenols is 1. The van der Waals surface area contributed by atoms with Crippen molar-refractivity contribution in [1.82, 2.24) is 0 Å². The molecule has 0 aliphatic heterocycles. The molecule has 98 valence electrons. The number of hydrogen-bond acceptors (Lipinski definition) is 6. The molecule has 0 aromatic heterocycles. The molecule has 0 amide bonds. The SMILES string of the molecule is COC(=O)CCOc1cc(/C(C)=N\O)ccc1O. The number of carbonyl (C=O) groups excluding carboxylic acids is 1. The number of rotatable bonds is 5. The molecule has 0 aliphatic carbocycles. The molecule has 1 aromatic rings. The third-order valence-electron chi connectivity index (χ3n) is 2.32. The fourth-order valence-electron chi connectivity index (χ4n) is 1.26. The van der Waals surface area contributed by atoms with E-state index in [1.807, 2.05) is 0 Å². The van der Waals surface area contributed by atoms with Crippen molar-refractivity contribution in [3.05, 3.63) is 23.8 Å². The fourth-order valence-corrected chi connectivity index (χ4v) is 1.26. The number of aromatic hydroxyl groups is 1. The molecule has 0 unspecified atom stereocenters. The van der Waals surface area contributed by atoms with Gasteiger partial charge in [-0.1, -0.05) is 5.16 Å². The second-order valence-corrected chi connectivity index (χ2v) is 3.54. The smallest absolute Gasteiger partial charge is 0.308 e. The van der Waals surface area contributed by atoms with Crippen molar-refractivity contribution in [1.29, 1.82) is 0 Å². The summed E-state index contributed by atoms with van der Waals surface area (Å²) in [5.41, 5.74) is 1.01. The van der Waals surface area contributed by atoms with E-state index in [0.717, 1.165) is 0 Å². The normalized spacial score (nSPS) is 11.1. The molecular weight excluding hydrogens is 238 g/mol. The number of phenolic OH excluding ortho intramolecular Hbond substituents is 1. The molecule has 0 saturated heterocycles. The maximum absolute atomic E-state index is 10.9. The Morgan fingerprint density at radius 1 is 1.44 bits per heavy atom. The average Bonchev–Trinajstić information content (AvgIpc) is 2.39. The van der Waals surface area contributed by atoms with Crippen molar-refractivity contribution in [2.45, 2.75) is 13.3 Å². The van der Waals surface area contributed by atoms with Gasteiger partial charge in [0.05, 0.1) is 25.8 Å². The van der Waals surface area contributed by atoms with Crippen LogP contribution in [0.2, 0.25) is 0 Å². The van der Waals surface area contributed by atoms with Gasteiger partial charge in [-0.2, -0.15) is 0 Å². The third kappa shape index (κ3) is 3.65. The highest BCUT2D eigenvalue weighted by molar-refractivity contribution is 5.98. The summed E-state index contributed by atoms with van der Waals surface area (Å²) in [7, 11) is 1.29. The first kappa shape index (κ1) is 13.8. The van der Waals surface area contributed by atoms with Gasteiger partial charge in [-0.3, -0.25) is 4.79 Å². The van der Waals surface area contributed by atoms with Crippen LogP contribution in [-0.4, -0.2) is 35.7 Å². The molecule has 18 heavy (non-hydrogen) atoms. The number of nitrogens with zero attached hydrogens (tertiary/aromatic N) is 1. The summed E-state index contributed by atoms with van der Waals surface area (Å²) in [6.07, 6.45) is 0.0905. The van der Waals surface area contributed by atoms with Crippen LogP contribution in [-0.2, 0) is 9.53 Å². The minimum atomic E-state index is -0.390. The zero-order valence-electron chi connectivity index (χ0n) is 10.2. The molecule has 0 fully saturated rings. The average molecular weight is 253 g/mol. The molecule has 0 spiro atoms. The number of oxime groups is 1. The van der Waals surface area contributed by atoms with E-state index in [-0.39, 0.29) is 24.5 Å².